The average Bonchev–Trinajstić information content (AvgIpc) is 2.55. The van der Waals surface area contributed by atoms with Crippen LogP contribution in [0.4, 0.5) is 0 Å². The summed E-state index contributed by atoms with van der Waals surface area (Å²) in [6.45, 7) is 1.46. The molecule has 0 aliphatic heterocycles. The van der Waals surface area contributed by atoms with Gasteiger partial charge in [0, 0.05) is 0 Å². The van der Waals surface area contributed by atoms with Gasteiger partial charge in [-0.2, -0.15) is 0 Å². The monoisotopic (exact) mass is 326 g/mol. The van der Waals surface area contributed by atoms with E-state index in [2.05, 4.69) is 0 Å². The van der Waals surface area contributed by atoms with Crippen molar-refractivity contribution in [3.8, 4) is 0 Å². The molecule has 0 bridgehead atoms. The zero-order chi connectivity index (χ0) is 16.4. The van der Waals surface area contributed by atoms with Gasteiger partial charge in [-0.15, -0.1) is 0 Å². The predicted molar refractivity (Wildman–Crippen MR) is 92.1 cm³/mol. The van der Waals surface area contributed by atoms with Crippen LogP contribution in [0.3, 0.4) is 0 Å². The molecule has 3 nitrogen and oxygen atoms in total. The zero-order valence-corrected chi connectivity index (χ0v) is 13.6. The highest BCUT2D eigenvalue weighted by Crippen LogP contribution is 2.30. The van der Waals surface area contributed by atoms with Gasteiger partial charge in [0.25, 0.3) is 0 Å². The highest BCUT2D eigenvalue weighted by Gasteiger charge is 2.28. The van der Waals surface area contributed by atoms with Crippen LogP contribution in [0.2, 0.25) is 0 Å². The highest BCUT2D eigenvalue weighted by atomic mass is 32.2. The number of aliphatic hydroxyl groups is 1. The lowest BCUT2D eigenvalue weighted by Gasteiger charge is -2.16. The van der Waals surface area contributed by atoms with Gasteiger partial charge in [-0.3, -0.25) is 0 Å². The molecule has 3 aromatic rings. The first kappa shape index (κ1) is 15.7. The predicted octanol–water partition coefficient (Wildman–Crippen LogP) is 3.66. The molecule has 0 fully saturated rings. The van der Waals surface area contributed by atoms with Crippen LogP contribution in [0.25, 0.3) is 10.8 Å². The first-order valence-corrected chi connectivity index (χ1v) is 8.97. The molecule has 0 aliphatic carbocycles. The Morgan fingerprint density at radius 2 is 1.57 bits per heavy atom. The Labute approximate surface area is 136 Å². The number of aryl methyl sites for hydroxylation is 1. The third-order valence-corrected chi connectivity index (χ3v) is 6.13. The van der Waals surface area contributed by atoms with E-state index in [4.69, 9.17) is 0 Å². The van der Waals surface area contributed by atoms with Crippen molar-refractivity contribution in [3.63, 3.8) is 0 Å². The summed E-state index contributed by atoms with van der Waals surface area (Å²) in [5.41, 5.74) is 1.60. The van der Waals surface area contributed by atoms with E-state index in [1.54, 1.807) is 30.3 Å². The highest BCUT2D eigenvalue weighted by molar-refractivity contribution is 7.91. The lowest BCUT2D eigenvalue weighted by atomic mass is 10.1. The van der Waals surface area contributed by atoms with Crippen molar-refractivity contribution in [1.29, 1.82) is 0 Å². The molecule has 23 heavy (non-hydrogen) atoms. The number of fused-ring (bicyclic) bond motifs is 1. The molecule has 0 saturated carbocycles. The molecule has 0 radical (unpaired) electrons. The second-order valence-electron chi connectivity index (χ2n) is 5.64. The summed E-state index contributed by atoms with van der Waals surface area (Å²) in [5.74, 6) is 0. The number of aliphatic hydroxyl groups excluding tert-OH is 1. The van der Waals surface area contributed by atoms with E-state index in [1.807, 2.05) is 43.3 Å². The summed E-state index contributed by atoms with van der Waals surface area (Å²) >= 11 is 0. The van der Waals surface area contributed by atoms with Crippen LogP contribution in [0.15, 0.2) is 71.6 Å². The average molecular weight is 326 g/mol. The maximum Gasteiger partial charge on any atom is 0.187 e. The molecule has 0 saturated heterocycles. The molecule has 0 amide bonds. The minimum absolute atomic E-state index is 0.232. The number of hydrogen-bond acceptors (Lipinski definition) is 3. The van der Waals surface area contributed by atoms with E-state index < -0.39 is 21.7 Å². The normalized spacial score (nSPS) is 13.1. The van der Waals surface area contributed by atoms with Gasteiger partial charge in [0.1, 0.15) is 5.25 Å². The van der Waals surface area contributed by atoms with E-state index in [0.29, 0.717) is 5.56 Å². The van der Waals surface area contributed by atoms with Crippen LogP contribution in [0.1, 0.15) is 16.4 Å². The number of benzene rings is 3. The smallest absolute Gasteiger partial charge is 0.187 e. The lowest BCUT2D eigenvalue weighted by Crippen LogP contribution is -2.17. The van der Waals surface area contributed by atoms with Gasteiger partial charge in [0.15, 0.2) is 9.84 Å². The van der Waals surface area contributed by atoms with E-state index in [-0.39, 0.29) is 4.90 Å². The van der Waals surface area contributed by atoms with Crippen molar-refractivity contribution in [3.05, 3.63) is 77.9 Å². The maximum atomic E-state index is 12.9. The minimum atomic E-state index is -3.64. The van der Waals surface area contributed by atoms with Gasteiger partial charge in [0.2, 0.25) is 0 Å². The van der Waals surface area contributed by atoms with Crippen molar-refractivity contribution in [2.24, 2.45) is 0 Å². The summed E-state index contributed by atoms with van der Waals surface area (Å²) in [6, 6.07) is 20.0. The van der Waals surface area contributed by atoms with Crippen molar-refractivity contribution in [2.75, 3.05) is 6.61 Å². The Balaban J connectivity index is 2.08. The molecule has 3 rings (SSSR count). The van der Waals surface area contributed by atoms with Crippen LogP contribution in [-0.2, 0) is 9.84 Å². The molecule has 0 aromatic heterocycles. The van der Waals surface area contributed by atoms with E-state index in [1.165, 1.54) is 0 Å². The van der Waals surface area contributed by atoms with Crippen LogP contribution in [0, 0.1) is 6.92 Å². The Hall–Kier alpha value is -2.17. The van der Waals surface area contributed by atoms with Crippen molar-refractivity contribution >= 4 is 20.6 Å². The summed E-state index contributed by atoms with van der Waals surface area (Å²) in [5, 5.41) is 10.8. The van der Waals surface area contributed by atoms with Gasteiger partial charge in [0.05, 0.1) is 11.5 Å². The quantitative estimate of drug-likeness (QED) is 0.796. The van der Waals surface area contributed by atoms with Crippen LogP contribution in [-0.4, -0.2) is 20.1 Å². The van der Waals surface area contributed by atoms with Crippen LogP contribution < -0.4 is 0 Å². The largest absolute Gasteiger partial charge is 0.395 e. The Morgan fingerprint density at radius 1 is 0.913 bits per heavy atom. The van der Waals surface area contributed by atoms with Gasteiger partial charge in [-0.05, 0) is 41.5 Å². The van der Waals surface area contributed by atoms with Crippen LogP contribution >= 0.6 is 0 Å². The van der Waals surface area contributed by atoms with Crippen molar-refractivity contribution in [2.45, 2.75) is 17.1 Å². The lowest BCUT2D eigenvalue weighted by molar-refractivity contribution is 0.291. The van der Waals surface area contributed by atoms with Crippen molar-refractivity contribution < 1.29 is 13.5 Å². The number of hydrogen-bond donors (Lipinski definition) is 1. The number of sulfone groups is 1. The van der Waals surface area contributed by atoms with E-state index in [9.17, 15) is 13.5 Å². The summed E-state index contributed by atoms with van der Waals surface area (Å²) in [7, 11) is -3.64. The van der Waals surface area contributed by atoms with Gasteiger partial charge >= 0.3 is 0 Å². The molecule has 3 aromatic carbocycles. The Kier molecular flexibility index (Phi) is 4.20. The molecule has 1 N–H and O–H groups in total. The SMILES string of the molecule is Cc1ccc(S(=O)(=O)C(CO)c2ccc3ccccc3c2)cc1. The molecule has 0 aliphatic rings. The van der Waals surface area contributed by atoms with Crippen molar-refractivity contribution in [1.82, 2.24) is 0 Å². The van der Waals surface area contributed by atoms with Crippen LogP contribution in [0.5, 0.6) is 0 Å². The molecular formula is C19H18O3S. The first-order valence-electron chi connectivity index (χ1n) is 7.42. The molecule has 0 heterocycles. The Bertz CT molecular complexity index is 928. The molecule has 1 atom stereocenters. The molecule has 0 spiro atoms. The summed E-state index contributed by atoms with van der Waals surface area (Å²) in [6.07, 6.45) is 0. The second kappa shape index (κ2) is 6.14. The fourth-order valence-electron chi connectivity index (χ4n) is 2.68. The second-order valence-corrected chi connectivity index (χ2v) is 7.77. The third kappa shape index (κ3) is 3.00. The summed E-state index contributed by atoms with van der Waals surface area (Å²) < 4.78 is 25.7. The van der Waals surface area contributed by atoms with Gasteiger partial charge in [-0.25, -0.2) is 8.42 Å². The third-order valence-electron chi connectivity index (χ3n) is 4.04. The Morgan fingerprint density at radius 3 is 2.22 bits per heavy atom. The first-order chi connectivity index (χ1) is 11.0. The summed E-state index contributed by atoms with van der Waals surface area (Å²) in [4.78, 5) is 0.232. The number of rotatable bonds is 4. The molecular weight excluding hydrogens is 308 g/mol. The maximum absolute atomic E-state index is 12.9. The topological polar surface area (TPSA) is 54.4 Å². The molecule has 1 unspecified atom stereocenters. The standard InChI is InChI=1S/C19H18O3S/c1-14-6-10-18(11-7-14)23(21,22)19(13-20)17-9-8-15-4-2-3-5-16(15)12-17/h2-12,19-20H,13H2,1H3. The zero-order valence-electron chi connectivity index (χ0n) is 12.8. The van der Waals surface area contributed by atoms with Gasteiger partial charge in [-0.1, -0.05) is 54.1 Å². The fraction of sp³-hybridized carbons (Fsp3) is 0.158. The van der Waals surface area contributed by atoms with E-state index in [0.717, 1.165) is 16.3 Å². The molecule has 4 heteroatoms. The fourth-order valence-corrected chi connectivity index (χ4v) is 4.23. The minimum Gasteiger partial charge on any atom is -0.395 e. The van der Waals surface area contributed by atoms with Gasteiger partial charge < -0.3 is 5.11 Å². The molecule has 118 valence electrons. The van der Waals surface area contributed by atoms with E-state index >= 15 is 0 Å².